The van der Waals surface area contributed by atoms with Crippen molar-refractivity contribution in [1.29, 1.82) is 0 Å². The Morgan fingerprint density at radius 1 is 0.828 bits per heavy atom. The van der Waals surface area contributed by atoms with Crippen molar-refractivity contribution in [3.8, 4) is 0 Å². The molecule has 5 saturated carbocycles. The quantitative estimate of drug-likeness (QED) is 0.575. The molecule has 0 spiro atoms. The summed E-state index contributed by atoms with van der Waals surface area (Å²) < 4.78 is 0. The molecule has 2 heteroatoms. The molecule has 166 valence electrons. The monoisotopic (exact) mass is 402 g/mol. The Kier molecular flexibility index (Phi) is 5.38. The first-order valence-electron chi connectivity index (χ1n) is 13.2. The molecular weight excluding hydrogens is 356 g/mol. The molecule has 5 rings (SSSR count). The van der Waals surface area contributed by atoms with Crippen LogP contribution in [0.25, 0.3) is 0 Å². The molecule has 0 aromatic rings. The number of fused-ring (bicyclic) bond motifs is 5. The maximum Gasteiger partial charge on any atom is 0.0568 e. The predicted molar refractivity (Wildman–Crippen MR) is 118 cm³/mol. The van der Waals surface area contributed by atoms with Crippen LogP contribution >= 0.6 is 0 Å². The molecule has 5 aliphatic rings. The van der Waals surface area contributed by atoms with E-state index in [4.69, 9.17) is 0 Å². The minimum atomic E-state index is -0.0267. The molecule has 0 radical (unpaired) electrons. The zero-order valence-electron chi connectivity index (χ0n) is 19.3. The smallest absolute Gasteiger partial charge is 0.0568 e. The van der Waals surface area contributed by atoms with Gasteiger partial charge < -0.3 is 10.2 Å². The van der Waals surface area contributed by atoms with Gasteiger partial charge in [-0.2, -0.15) is 0 Å². The van der Waals surface area contributed by atoms with Crippen molar-refractivity contribution < 1.29 is 10.2 Å². The third kappa shape index (κ3) is 3.43. The highest BCUT2D eigenvalue weighted by Gasteiger charge is 2.60. The summed E-state index contributed by atoms with van der Waals surface area (Å²) in [4.78, 5) is 0. The van der Waals surface area contributed by atoms with Gasteiger partial charge in [0.2, 0.25) is 0 Å². The van der Waals surface area contributed by atoms with Gasteiger partial charge in [0.1, 0.15) is 0 Å². The van der Waals surface area contributed by atoms with Crippen molar-refractivity contribution in [2.45, 2.75) is 116 Å². The van der Waals surface area contributed by atoms with Crippen LogP contribution in [0.3, 0.4) is 0 Å². The lowest BCUT2D eigenvalue weighted by atomic mass is 9.44. The topological polar surface area (TPSA) is 40.5 Å². The lowest BCUT2D eigenvalue weighted by Crippen LogP contribution is -2.54. The van der Waals surface area contributed by atoms with E-state index in [1.54, 1.807) is 0 Å². The summed E-state index contributed by atoms with van der Waals surface area (Å²) in [6, 6.07) is 0. The normalized spacial score (nSPS) is 51.6. The molecule has 2 nitrogen and oxygen atoms in total. The van der Waals surface area contributed by atoms with Gasteiger partial charge in [0, 0.05) is 0 Å². The molecule has 5 fully saturated rings. The molecule has 1 unspecified atom stereocenters. The maximum atomic E-state index is 10.4. The first-order valence-corrected chi connectivity index (χ1v) is 13.2. The van der Waals surface area contributed by atoms with Crippen molar-refractivity contribution in [3.05, 3.63) is 0 Å². The highest BCUT2D eigenvalue weighted by Crippen LogP contribution is 2.68. The third-order valence-corrected chi connectivity index (χ3v) is 11.5. The SMILES string of the molecule is C[C@H](CC[C@H](O)C1CC1)[C@H]1CC[C@H]2[C@@H]3CCC4C[C@@H](O)CC[C@]4(C)[C@H]3CC[C@]12C. The van der Waals surface area contributed by atoms with Crippen molar-refractivity contribution in [3.63, 3.8) is 0 Å². The van der Waals surface area contributed by atoms with E-state index >= 15 is 0 Å². The Morgan fingerprint density at radius 3 is 2.31 bits per heavy atom. The van der Waals surface area contributed by atoms with Crippen LogP contribution in [0.5, 0.6) is 0 Å². The number of aliphatic hydroxyl groups excluding tert-OH is 2. The fourth-order valence-electron chi connectivity index (χ4n) is 9.56. The fraction of sp³-hybridized carbons (Fsp3) is 1.00. The second-order valence-corrected chi connectivity index (χ2v) is 12.8. The summed E-state index contributed by atoms with van der Waals surface area (Å²) in [5, 5.41) is 20.6. The van der Waals surface area contributed by atoms with E-state index in [9.17, 15) is 10.2 Å². The first-order chi connectivity index (χ1) is 13.8. The molecule has 0 amide bonds. The molecule has 2 N–H and O–H groups in total. The molecule has 29 heavy (non-hydrogen) atoms. The van der Waals surface area contributed by atoms with E-state index in [1.165, 1.54) is 64.2 Å². The van der Waals surface area contributed by atoms with E-state index in [-0.39, 0.29) is 12.2 Å². The highest BCUT2D eigenvalue weighted by atomic mass is 16.3. The standard InChI is InChI=1S/C27H46O2/c1-17(4-11-25(29)18-5-6-18)22-9-10-23-21-8-7-19-16-20(28)12-14-26(19,2)24(21)13-15-27(22,23)3/h17-25,28-29H,4-16H2,1-3H3/t17-,19?,20+,21+,22-,23+,24+,25+,26+,27-/m1/s1. The highest BCUT2D eigenvalue weighted by molar-refractivity contribution is 5.09. The summed E-state index contributed by atoms with van der Waals surface area (Å²) in [6.07, 6.45) is 16.7. The third-order valence-electron chi connectivity index (χ3n) is 11.5. The molecule has 0 heterocycles. The summed E-state index contributed by atoms with van der Waals surface area (Å²) in [5.41, 5.74) is 1.05. The molecule has 0 saturated heterocycles. The summed E-state index contributed by atoms with van der Waals surface area (Å²) in [6.45, 7) is 7.78. The van der Waals surface area contributed by atoms with Crippen LogP contribution in [0, 0.1) is 52.3 Å². The van der Waals surface area contributed by atoms with E-state index in [1.807, 2.05) is 0 Å². The van der Waals surface area contributed by atoms with E-state index in [0.29, 0.717) is 16.7 Å². The van der Waals surface area contributed by atoms with Crippen molar-refractivity contribution in [2.24, 2.45) is 52.3 Å². The molecule has 0 aliphatic heterocycles. The van der Waals surface area contributed by atoms with Gasteiger partial charge in [-0.1, -0.05) is 20.8 Å². The largest absolute Gasteiger partial charge is 0.393 e. The van der Waals surface area contributed by atoms with Crippen molar-refractivity contribution in [2.75, 3.05) is 0 Å². The Bertz CT molecular complexity index is 599. The molecular formula is C27H46O2. The fourth-order valence-corrected chi connectivity index (χ4v) is 9.56. The van der Waals surface area contributed by atoms with E-state index in [2.05, 4.69) is 20.8 Å². The Balaban J connectivity index is 1.28. The van der Waals surface area contributed by atoms with Crippen LogP contribution in [0.15, 0.2) is 0 Å². The summed E-state index contributed by atoms with van der Waals surface area (Å²) >= 11 is 0. The van der Waals surface area contributed by atoms with Gasteiger partial charge in [-0.15, -0.1) is 0 Å². The van der Waals surface area contributed by atoms with Crippen LogP contribution in [-0.4, -0.2) is 22.4 Å². The van der Waals surface area contributed by atoms with Crippen LogP contribution in [0.4, 0.5) is 0 Å². The van der Waals surface area contributed by atoms with Crippen LogP contribution < -0.4 is 0 Å². The Morgan fingerprint density at radius 2 is 1.55 bits per heavy atom. The molecule has 0 bridgehead atoms. The second-order valence-electron chi connectivity index (χ2n) is 12.8. The minimum Gasteiger partial charge on any atom is -0.393 e. The lowest BCUT2D eigenvalue weighted by Gasteiger charge is -2.61. The van der Waals surface area contributed by atoms with Gasteiger partial charge in [-0.05, 0) is 136 Å². The van der Waals surface area contributed by atoms with Gasteiger partial charge in [0.25, 0.3) is 0 Å². The second kappa shape index (κ2) is 7.51. The summed E-state index contributed by atoms with van der Waals surface area (Å²) in [5.74, 6) is 5.85. The average Bonchev–Trinajstić information content (AvgIpc) is 3.48. The lowest BCUT2D eigenvalue weighted by molar-refractivity contribution is -0.129. The molecule has 0 aromatic carbocycles. The van der Waals surface area contributed by atoms with E-state index in [0.717, 1.165) is 54.8 Å². The average molecular weight is 403 g/mol. The molecule has 5 aliphatic carbocycles. The van der Waals surface area contributed by atoms with Gasteiger partial charge >= 0.3 is 0 Å². The number of aliphatic hydroxyl groups is 2. The number of hydrogen-bond acceptors (Lipinski definition) is 2. The number of hydrogen-bond donors (Lipinski definition) is 2. The Labute approximate surface area is 179 Å². The zero-order chi connectivity index (χ0) is 20.4. The molecule has 10 atom stereocenters. The number of rotatable bonds is 5. The first kappa shape index (κ1) is 20.8. The van der Waals surface area contributed by atoms with Gasteiger partial charge in [0.15, 0.2) is 0 Å². The van der Waals surface area contributed by atoms with Gasteiger partial charge in [0.05, 0.1) is 12.2 Å². The molecule has 0 aromatic heterocycles. The maximum absolute atomic E-state index is 10.4. The summed E-state index contributed by atoms with van der Waals surface area (Å²) in [7, 11) is 0. The van der Waals surface area contributed by atoms with Crippen LogP contribution in [0.2, 0.25) is 0 Å². The van der Waals surface area contributed by atoms with Gasteiger partial charge in [-0.3, -0.25) is 0 Å². The van der Waals surface area contributed by atoms with Crippen molar-refractivity contribution in [1.82, 2.24) is 0 Å². The van der Waals surface area contributed by atoms with Gasteiger partial charge in [-0.25, -0.2) is 0 Å². The van der Waals surface area contributed by atoms with E-state index < -0.39 is 0 Å². The minimum absolute atomic E-state index is 0.0185. The van der Waals surface area contributed by atoms with Crippen LogP contribution in [0.1, 0.15) is 104 Å². The predicted octanol–water partition coefficient (Wildman–Crippen LogP) is 6.19. The Hall–Kier alpha value is -0.0800. The van der Waals surface area contributed by atoms with Crippen LogP contribution in [-0.2, 0) is 0 Å². The van der Waals surface area contributed by atoms with Crippen molar-refractivity contribution >= 4 is 0 Å². The zero-order valence-corrected chi connectivity index (χ0v) is 19.3.